The van der Waals surface area contributed by atoms with Crippen molar-refractivity contribution in [3.05, 3.63) is 62.3 Å². The van der Waals surface area contributed by atoms with Crippen molar-refractivity contribution >= 4 is 51.3 Å². The molecule has 0 spiro atoms. The van der Waals surface area contributed by atoms with Crippen molar-refractivity contribution in [2.45, 2.75) is 0 Å². The van der Waals surface area contributed by atoms with Crippen molar-refractivity contribution < 1.29 is 4.79 Å². The van der Waals surface area contributed by atoms with E-state index in [1.54, 1.807) is 30.5 Å². The van der Waals surface area contributed by atoms with E-state index in [0.717, 1.165) is 10.0 Å². The van der Waals surface area contributed by atoms with E-state index in [1.165, 1.54) is 12.4 Å². The molecule has 0 atom stereocenters. The second kappa shape index (κ2) is 6.83. The largest absolute Gasteiger partial charge is 0.272 e. The highest BCUT2D eigenvalue weighted by atomic mass is 79.9. The van der Waals surface area contributed by atoms with Gasteiger partial charge >= 0.3 is 0 Å². The van der Waals surface area contributed by atoms with E-state index in [-0.39, 0.29) is 5.91 Å². The van der Waals surface area contributed by atoms with Gasteiger partial charge in [-0.2, -0.15) is 5.10 Å². The van der Waals surface area contributed by atoms with Gasteiger partial charge in [-0.15, -0.1) is 0 Å². The fourth-order valence-corrected chi connectivity index (χ4v) is 2.03. The van der Waals surface area contributed by atoms with E-state index in [0.29, 0.717) is 15.6 Å². The quantitative estimate of drug-likeness (QED) is 0.655. The van der Waals surface area contributed by atoms with Gasteiger partial charge in [0.05, 0.1) is 21.8 Å². The molecule has 1 amide bonds. The Labute approximate surface area is 133 Å². The molecule has 1 aromatic heterocycles. The Morgan fingerprint density at radius 2 is 2.05 bits per heavy atom. The molecule has 0 bridgehead atoms. The van der Waals surface area contributed by atoms with Gasteiger partial charge in [-0.3, -0.25) is 9.78 Å². The molecule has 0 saturated carbocycles. The zero-order valence-electron chi connectivity index (χ0n) is 9.98. The third kappa shape index (κ3) is 4.03. The number of nitrogens with one attached hydrogen (secondary N) is 1. The van der Waals surface area contributed by atoms with Gasteiger partial charge in [-0.05, 0) is 39.7 Å². The van der Waals surface area contributed by atoms with Gasteiger partial charge < -0.3 is 0 Å². The number of hydrogen-bond acceptors (Lipinski definition) is 3. The number of carbonyl (C=O) groups is 1. The van der Waals surface area contributed by atoms with Crippen molar-refractivity contribution in [1.29, 1.82) is 0 Å². The summed E-state index contributed by atoms with van der Waals surface area (Å²) in [5.74, 6) is -0.352. The number of hydrazone groups is 1. The summed E-state index contributed by atoms with van der Waals surface area (Å²) >= 11 is 14.9. The Bertz CT molecular complexity index is 676. The van der Waals surface area contributed by atoms with Gasteiger partial charge in [0.15, 0.2) is 0 Å². The van der Waals surface area contributed by atoms with E-state index < -0.39 is 0 Å². The summed E-state index contributed by atoms with van der Waals surface area (Å²) in [7, 11) is 0. The van der Waals surface area contributed by atoms with E-state index >= 15 is 0 Å². The van der Waals surface area contributed by atoms with Crippen molar-refractivity contribution in [2.75, 3.05) is 0 Å². The molecule has 0 aliphatic carbocycles. The first-order chi connectivity index (χ1) is 9.56. The number of benzene rings is 1. The number of hydrogen-bond donors (Lipinski definition) is 1. The molecule has 2 rings (SSSR count). The van der Waals surface area contributed by atoms with Gasteiger partial charge in [0.1, 0.15) is 0 Å². The van der Waals surface area contributed by atoms with Crippen LogP contribution in [0, 0.1) is 0 Å². The molecule has 0 fully saturated rings. The van der Waals surface area contributed by atoms with E-state index in [1.807, 2.05) is 0 Å². The predicted molar refractivity (Wildman–Crippen MR) is 83.5 cm³/mol. The van der Waals surface area contributed by atoms with Crippen molar-refractivity contribution in [1.82, 2.24) is 10.4 Å². The molecule has 2 aromatic rings. The first kappa shape index (κ1) is 15.0. The summed E-state index contributed by atoms with van der Waals surface area (Å²) in [6.07, 6.45) is 4.52. The van der Waals surface area contributed by atoms with Gasteiger partial charge in [-0.25, -0.2) is 5.43 Å². The topological polar surface area (TPSA) is 54.4 Å². The first-order valence-corrected chi connectivity index (χ1v) is 7.00. The minimum atomic E-state index is -0.352. The summed E-state index contributed by atoms with van der Waals surface area (Å²) in [6, 6.07) is 6.70. The van der Waals surface area contributed by atoms with Crippen LogP contribution in [0.25, 0.3) is 0 Å². The average molecular weight is 373 g/mol. The molecule has 0 aliphatic rings. The summed E-state index contributed by atoms with van der Waals surface area (Å²) in [5, 5.41) is 4.74. The Morgan fingerprint density at radius 1 is 1.25 bits per heavy atom. The molecule has 4 nitrogen and oxygen atoms in total. The third-order valence-electron chi connectivity index (χ3n) is 2.29. The Balaban J connectivity index is 2.02. The number of halogens is 3. The number of rotatable bonds is 3. The molecule has 1 N–H and O–H groups in total. The Hall–Kier alpha value is -1.43. The standard InChI is InChI=1S/C13H8BrCl2N3O/c14-10-4-9(6-17-7-10)13(20)19-18-5-8-1-2-11(15)12(16)3-8/h1-7H,(H,19,20). The molecular formula is C13H8BrCl2N3O. The van der Waals surface area contributed by atoms with Crippen LogP contribution in [0.2, 0.25) is 10.0 Å². The molecule has 0 aliphatic heterocycles. The number of amides is 1. The molecule has 20 heavy (non-hydrogen) atoms. The second-order valence-electron chi connectivity index (χ2n) is 3.76. The van der Waals surface area contributed by atoms with Crippen LogP contribution in [0.4, 0.5) is 0 Å². The molecule has 0 unspecified atom stereocenters. The van der Waals surface area contributed by atoms with Crippen LogP contribution in [-0.2, 0) is 0 Å². The van der Waals surface area contributed by atoms with E-state index in [9.17, 15) is 4.79 Å². The molecule has 0 saturated heterocycles. The van der Waals surface area contributed by atoms with E-state index in [2.05, 4.69) is 31.4 Å². The molecule has 1 aromatic carbocycles. The highest BCUT2D eigenvalue weighted by molar-refractivity contribution is 9.10. The van der Waals surface area contributed by atoms with Gasteiger partial charge in [0.2, 0.25) is 0 Å². The number of carbonyl (C=O) groups excluding carboxylic acids is 1. The van der Waals surface area contributed by atoms with Crippen molar-refractivity contribution in [3.8, 4) is 0 Å². The molecule has 7 heteroatoms. The monoisotopic (exact) mass is 371 g/mol. The summed E-state index contributed by atoms with van der Waals surface area (Å²) in [5.41, 5.74) is 3.54. The lowest BCUT2D eigenvalue weighted by Crippen LogP contribution is -2.17. The Kier molecular flexibility index (Phi) is 5.11. The SMILES string of the molecule is O=C(NN=Cc1ccc(Cl)c(Cl)c1)c1cncc(Br)c1. The van der Waals surface area contributed by atoms with Crippen LogP contribution in [0.15, 0.2) is 46.2 Å². The smallest absolute Gasteiger partial charge is 0.267 e. The fourth-order valence-electron chi connectivity index (χ4n) is 1.36. The lowest BCUT2D eigenvalue weighted by atomic mass is 10.2. The lowest BCUT2D eigenvalue weighted by molar-refractivity contribution is 0.0954. The van der Waals surface area contributed by atoms with Crippen LogP contribution in [-0.4, -0.2) is 17.1 Å². The summed E-state index contributed by atoms with van der Waals surface area (Å²) < 4.78 is 0.721. The number of pyridine rings is 1. The number of aromatic nitrogens is 1. The fraction of sp³-hybridized carbons (Fsp3) is 0. The molecule has 1 heterocycles. The van der Waals surface area contributed by atoms with Crippen molar-refractivity contribution in [3.63, 3.8) is 0 Å². The van der Waals surface area contributed by atoms with Crippen LogP contribution < -0.4 is 5.43 Å². The van der Waals surface area contributed by atoms with E-state index in [4.69, 9.17) is 23.2 Å². The highest BCUT2D eigenvalue weighted by Gasteiger charge is 2.04. The average Bonchev–Trinajstić information content (AvgIpc) is 2.42. The summed E-state index contributed by atoms with van der Waals surface area (Å²) in [4.78, 5) is 15.7. The first-order valence-electron chi connectivity index (χ1n) is 5.45. The van der Waals surface area contributed by atoms with Gasteiger partial charge in [0.25, 0.3) is 5.91 Å². The van der Waals surface area contributed by atoms with Crippen LogP contribution in [0.1, 0.15) is 15.9 Å². The maximum atomic E-state index is 11.8. The normalized spacial score (nSPS) is 10.8. The summed E-state index contributed by atoms with van der Waals surface area (Å²) in [6.45, 7) is 0. The highest BCUT2D eigenvalue weighted by Crippen LogP contribution is 2.21. The molecule has 0 radical (unpaired) electrons. The van der Waals surface area contributed by atoms with Crippen LogP contribution in [0.5, 0.6) is 0 Å². The second-order valence-corrected chi connectivity index (χ2v) is 5.49. The Morgan fingerprint density at radius 3 is 2.75 bits per heavy atom. The van der Waals surface area contributed by atoms with Gasteiger partial charge in [-0.1, -0.05) is 29.3 Å². The predicted octanol–water partition coefficient (Wildman–Crippen LogP) is 3.91. The van der Waals surface area contributed by atoms with Crippen LogP contribution in [0.3, 0.4) is 0 Å². The maximum Gasteiger partial charge on any atom is 0.272 e. The molecule has 102 valence electrons. The maximum absolute atomic E-state index is 11.8. The van der Waals surface area contributed by atoms with Gasteiger partial charge in [0, 0.05) is 16.9 Å². The van der Waals surface area contributed by atoms with Crippen LogP contribution >= 0.6 is 39.1 Å². The minimum absolute atomic E-state index is 0.352. The minimum Gasteiger partial charge on any atom is -0.267 e. The number of nitrogens with zero attached hydrogens (tertiary/aromatic N) is 2. The lowest BCUT2D eigenvalue weighted by Gasteiger charge is -2.00. The zero-order valence-corrected chi connectivity index (χ0v) is 13.1. The third-order valence-corrected chi connectivity index (χ3v) is 3.46. The molecular weight excluding hydrogens is 365 g/mol. The zero-order chi connectivity index (χ0) is 14.5. The van der Waals surface area contributed by atoms with Crippen molar-refractivity contribution in [2.24, 2.45) is 5.10 Å².